The second-order valence-electron chi connectivity index (χ2n) is 5.41. The number of nitrogens with zero attached hydrogens (tertiary/aromatic N) is 1. The number of hydrogen-bond donors (Lipinski definition) is 3. The number of aliphatic hydroxyl groups excluding tert-OH is 2. The zero-order valence-corrected chi connectivity index (χ0v) is 14.0. The first-order chi connectivity index (χ1) is 11.0. The number of amides is 1. The maximum atomic E-state index is 11.4. The molecule has 0 spiro atoms. The zero-order valence-electron chi connectivity index (χ0n) is 14.0. The van der Waals surface area contributed by atoms with Gasteiger partial charge in [0, 0.05) is 12.6 Å². The number of rotatable bonds is 8. The molecule has 5 heteroatoms. The molecular weight excluding hydrogens is 292 g/mol. The van der Waals surface area contributed by atoms with Gasteiger partial charge in [-0.25, -0.2) is 0 Å². The molecule has 0 aliphatic carbocycles. The third-order valence-electron chi connectivity index (χ3n) is 3.98. The Morgan fingerprint density at radius 1 is 1.43 bits per heavy atom. The van der Waals surface area contributed by atoms with E-state index in [-0.39, 0.29) is 25.0 Å². The summed E-state index contributed by atoms with van der Waals surface area (Å²) in [5.74, 6) is -0.0147. The van der Waals surface area contributed by atoms with Gasteiger partial charge in [0.15, 0.2) is 0 Å². The van der Waals surface area contributed by atoms with Gasteiger partial charge >= 0.3 is 0 Å². The molecule has 0 heterocycles. The van der Waals surface area contributed by atoms with Crippen LogP contribution >= 0.6 is 0 Å². The van der Waals surface area contributed by atoms with Gasteiger partial charge in [-0.3, -0.25) is 9.79 Å². The minimum atomic E-state index is -0.985. The minimum absolute atomic E-state index is 0.236. The van der Waals surface area contributed by atoms with Crippen LogP contribution in [0.15, 0.2) is 35.8 Å². The number of aliphatic imine (C=N–C) groups is 1. The summed E-state index contributed by atoms with van der Waals surface area (Å²) in [6.45, 7) is 7.49. The minimum Gasteiger partial charge on any atom is -0.393 e. The van der Waals surface area contributed by atoms with Gasteiger partial charge in [0.25, 0.3) is 0 Å². The number of carbonyl (C=O) groups is 1. The van der Waals surface area contributed by atoms with E-state index in [0.29, 0.717) is 11.3 Å². The van der Waals surface area contributed by atoms with Crippen LogP contribution in [0.3, 0.4) is 0 Å². The third kappa shape index (κ3) is 4.74. The van der Waals surface area contributed by atoms with Crippen molar-refractivity contribution < 1.29 is 15.0 Å². The number of aliphatic hydroxyl groups is 2. The summed E-state index contributed by atoms with van der Waals surface area (Å²) in [5.41, 5.74) is 3.14. The van der Waals surface area contributed by atoms with Crippen molar-refractivity contribution in [3.05, 3.63) is 47.5 Å². The lowest BCUT2D eigenvalue weighted by atomic mass is 9.86. The predicted octanol–water partition coefficient (Wildman–Crippen LogP) is 1.95. The topological polar surface area (TPSA) is 81.9 Å². The molecule has 2 unspecified atom stereocenters. The van der Waals surface area contributed by atoms with Crippen LogP contribution in [0.2, 0.25) is 0 Å². The van der Waals surface area contributed by atoms with Crippen LogP contribution < -0.4 is 5.32 Å². The number of carbonyl (C=O) groups excluding carboxylic acids is 1. The SMILES string of the molecule is C=CC(=O)NCC(=NC)c1c(C(C)CC)cccc1C(O)CO. The lowest BCUT2D eigenvalue weighted by Gasteiger charge is -2.22. The van der Waals surface area contributed by atoms with Crippen LogP contribution in [-0.2, 0) is 4.79 Å². The quantitative estimate of drug-likeness (QED) is 0.506. The fourth-order valence-electron chi connectivity index (χ4n) is 2.45. The fraction of sp³-hybridized carbons (Fsp3) is 0.444. The third-order valence-corrected chi connectivity index (χ3v) is 3.98. The standard InChI is InChI=1S/C18H26N2O3/c1-5-12(3)13-8-7-9-14(16(22)11-21)18(13)15(19-4)10-20-17(23)6-2/h6-9,12,16,21-22H,2,5,10-11H2,1,3-4H3,(H,20,23). The van der Waals surface area contributed by atoms with E-state index >= 15 is 0 Å². The molecule has 0 aromatic heterocycles. The highest BCUT2D eigenvalue weighted by molar-refractivity contribution is 6.06. The van der Waals surface area contributed by atoms with Crippen LogP contribution in [0.4, 0.5) is 0 Å². The molecule has 0 bridgehead atoms. The maximum absolute atomic E-state index is 11.4. The Morgan fingerprint density at radius 3 is 2.61 bits per heavy atom. The predicted molar refractivity (Wildman–Crippen MR) is 92.9 cm³/mol. The van der Waals surface area contributed by atoms with Gasteiger partial charge in [-0.15, -0.1) is 0 Å². The lowest BCUT2D eigenvalue weighted by Crippen LogP contribution is -2.30. The molecule has 126 valence electrons. The summed E-state index contributed by atoms with van der Waals surface area (Å²) in [6.07, 6.45) is 1.15. The van der Waals surface area contributed by atoms with Crippen LogP contribution in [0.25, 0.3) is 0 Å². The van der Waals surface area contributed by atoms with E-state index in [4.69, 9.17) is 0 Å². The Labute approximate surface area is 137 Å². The van der Waals surface area contributed by atoms with Crippen molar-refractivity contribution in [1.29, 1.82) is 0 Å². The number of nitrogens with one attached hydrogen (secondary N) is 1. The highest BCUT2D eigenvalue weighted by Crippen LogP contribution is 2.29. The molecule has 23 heavy (non-hydrogen) atoms. The molecule has 0 radical (unpaired) electrons. The van der Waals surface area contributed by atoms with E-state index in [1.54, 1.807) is 13.1 Å². The van der Waals surface area contributed by atoms with E-state index in [1.807, 2.05) is 12.1 Å². The van der Waals surface area contributed by atoms with E-state index in [2.05, 4.69) is 30.7 Å². The largest absolute Gasteiger partial charge is 0.393 e. The monoisotopic (exact) mass is 318 g/mol. The molecular formula is C18H26N2O3. The first-order valence-electron chi connectivity index (χ1n) is 7.78. The van der Waals surface area contributed by atoms with Gasteiger partial charge in [0.2, 0.25) is 5.91 Å². The van der Waals surface area contributed by atoms with E-state index < -0.39 is 6.10 Å². The van der Waals surface area contributed by atoms with E-state index in [1.165, 1.54) is 6.08 Å². The molecule has 1 amide bonds. The Balaban J connectivity index is 3.37. The Morgan fingerprint density at radius 2 is 2.09 bits per heavy atom. The summed E-state index contributed by atoms with van der Waals surface area (Å²) in [6, 6.07) is 5.65. The van der Waals surface area contributed by atoms with Crippen molar-refractivity contribution in [3.63, 3.8) is 0 Å². The second kappa shape index (κ2) is 9.22. The molecule has 3 N–H and O–H groups in total. The Kier molecular flexibility index (Phi) is 7.65. The molecule has 1 rings (SSSR count). The van der Waals surface area contributed by atoms with Crippen LogP contribution in [0.5, 0.6) is 0 Å². The molecule has 2 atom stereocenters. The number of benzene rings is 1. The highest BCUT2D eigenvalue weighted by atomic mass is 16.3. The van der Waals surface area contributed by atoms with Crippen LogP contribution in [0.1, 0.15) is 49.0 Å². The van der Waals surface area contributed by atoms with Crippen molar-refractivity contribution >= 4 is 11.6 Å². The van der Waals surface area contributed by atoms with Gasteiger partial charge in [-0.1, -0.05) is 38.6 Å². The highest BCUT2D eigenvalue weighted by Gasteiger charge is 2.21. The molecule has 0 aliphatic heterocycles. The molecule has 0 aliphatic rings. The summed E-state index contributed by atoms with van der Waals surface area (Å²) < 4.78 is 0. The lowest BCUT2D eigenvalue weighted by molar-refractivity contribution is -0.116. The molecule has 1 aromatic rings. The fourth-order valence-corrected chi connectivity index (χ4v) is 2.45. The molecule has 0 fully saturated rings. The molecule has 0 saturated carbocycles. The first-order valence-corrected chi connectivity index (χ1v) is 7.78. The molecule has 0 saturated heterocycles. The normalized spacial score (nSPS) is 14.2. The van der Waals surface area contributed by atoms with Crippen molar-refractivity contribution in [2.45, 2.75) is 32.3 Å². The smallest absolute Gasteiger partial charge is 0.243 e. The maximum Gasteiger partial charge on any atom is 0.243 e. The first kappa shape index (κ1) is 19.1. The summed E-state index contributed by atoms with van der Waals surface area (Å²) >= 11 is 0. The van der Waals surface area contributed by atoms with E-state index in [9.17, 15) is 15.0 Å². The zero-order chi connectivity index (χ0) is 17.4. The van der Waals surface area contributed by atoms with Crippen LogP contribution in [-0.4, -0.2) is 42.0 Å². The molecule has 1 aromatic carbocycles. The Bertz CT molecular complexity index is 553. The van der Waals surface area contributed by atoms with Gasteiger partial charge < -0.3 is 15.5 Å². The van der Waals surface area contributed by atoms with Gasteiger partial charge in [0.05, 0.1) is 18.9 Å². The van der Waals surface area contributed by atoms with Crippen molar-refractivity contribution in [1.82, 2.24) is 5.32 Å². The Hall–Kier alpha value is -1.98. The molecule has 5 nitrogen and oxygen atoms in total. The van der Waals surface area contributed by atoms with Gasteiger partial charge in [0.1, 0.15) is 6.10 Å². The van der Waals surface area contributed by atoms with Crippen molar-refractivity contribution in [3.8, 4) is 0 Å². The number of hydrogen-bond acceptors (Lipinski definition) is 4. The summed E-state index contributed by atoms with van der Waals surface area (Å²) in [4.78, 5) is 15.7. The van der Waals surface area contributed by atoms with Crippen molar-refractivity contribution in [2.24, 2.45) is 4.99 Å². The van der Waals surface area contributed by atoms with E-state index in [0.717, 1.165) is 17.5 Å². The van der Waals surface area contributed by atoms with Crippen LogP contribution in [0, 0.1) is 0 Å². The summed E-state index contributed by atoms with van der Waals surface area (Å²) in [5, 5.41) is 22.2. The summed E-state index contributed by atoms with van der Waals surface area (Å²) in [7, 11) is 1.65. The average molecular weight is 318 g/mol. The van der Waals surface area contributed by atoms with Crippen molar-refractivity contribution in [2.75, 3.05) is 20.2 Å². The van der Waals surface area contributed by atoms with Gasteiger partial charge in [-0.05, 0) is 29.5 Å². The average Bonchev–Trinajstić information content (AvgIpc) is 2.60. The second-order valence-corrected chi connectivity index (χ2v) is 5.41. The van der Waals surface area contributed by atoms with Gasteiger partial charge in [-0.2, -0.15) is 0 Å².